The van der Waals surface area contributed by atoms with Gasteiger partial charge in [-0.05, 0) is 30.7 Å². The van der Waals surface area contributed by atoms with E-state index in [1.54, 1.807) is 19.4 Å². The number of H-pyrrole nitrogens is 1. The number of hydrogen-bond donors (Lipinski definition) is 2. The molecule has 1 heterocycles. The first-order chi connectivity index (χ1) is 11.8. The Morgan fingerprint density at radius 3 is 2.64 bits per heavy atom. The van der Waals surface area contributed by atoms with Gasteiger partial charge in [0.05, 0.1) is 19.9 Å². The maximum absolute atomic E-state index is 12.0. The summed E-state index contributed by atoms with van der Waals surface area (Å²) in [7, 11) is 1.58. The highest BCUT2D eigenvalue weighted by Crippen LogP contribution is 2.27. The molecule has 134 valence electrons. The van der Waals surface area contributed by atoms with Crippen LogP contribution in [0.5, 0.6) is 11.5 Å². The third-order valence-electron chi connectivity index (χ3n) is 3.28. The van der Waals surface area contributed by atoms with Gasteiger partial charge in [0, 0.05) is 5.41 Å². The molecule has 0 atom stereocenters. The van der Waals surface area contributed by atoms with Crippen LogP contribution in [0.2, 0.25) is 0 Å². The van der Waals surface area contributed by atoms with E-state index >= 15 is 0 Å². The van der Waals surface area contributed by atoms with Gasteiger partial charge in [0.25, 0.3) is 5.56 Å². The highest BCUT2D eigenvalue weighted by atomic mass is 16.5. The molecule has 0 spiro atoms. The molecule has 0 saturated carbocycles. The van der Waals surface area contributed by atoms with E-state index in [0.717, 1.165) is 5.56 Å². The van der Waals surface area contributed by atoms with Crippen LogP contribution >= 0.6 is 0 Å². The van der Waals surface area contributed by atoms with E-state index in [2.05, 4.69) is 25.7 Å². The second-order valence-corrected chi connectivity index (χ2v) is 6.31. The van der Waals surface area contributed by atoms with Gasteiger partial charge in [-0.1, -0.05) is 20.8 Å². The van der Waals surface area contributed by atoms with Crippen LogP contribution in [0.15, 0.2) is 28.1 Å². The molecule has 0 aliphatic rings. The zero-order chi connectivity index (χ0) is 18.4. The number of rotatable bonds is 6. The summed E-state index contributed by atoms with van der Waals surface area (Å²) in [6, 6.07) is 5.45. The van der Waals surface area contributed by atoms with E-state index in [9.17, 15) is 4.79 Å². The van der Waals surface area contributed by atoms with E-state index in [1.165, 1.54) is 0 Å². The van der Waals surface area contributed by atoms with E-state index < -0.39 is 0 Å². The highest BCUT2D eigenvalue weighted by molar-refractivity contribution is 5.81. The number of hydrazone groups is 1. The van der Waals surface area contributed by atoms with Gasteiger partial charge in [-0.15, -0.1) is 10.2 Å². The Kier molecular flexibility index (Phi) is 5.74. The van der Waals surface area contributed by atoms with Crippen molar-refractivity contribution in [3.8, 4) is 11.5 Å². The van der Waals surface area contributed by atoms with E-state index in [0.29, 0.717) is 23.8 Å². The van der Waals surface area contributed by atoms with Crippen molar-refractivity contribution in [1.82, 2.24) is 15.2 Å². The lowest BCUT2D eigenvalue weighted by Gasteiger charge is -2.15. The molecule has 1 aromatic heterocycles. The summed E-state index contributed by atoms with van der Waals surface area (Å²) in [5, 5.41) is 12.0. The van der Waals surface area contributed by atoms with Crippen LogP contribution in [-0.4, -0.2) is 35.1 Å². The van der Waals surface area contributed by atoms with Crippen molar-refractivity contribution in [1.29, 1.82) is 0 Å². The summed E-state index contributed by atoms with van der Waals surface area (Å²) in [5.74, 6) is 1.46. The molecule has 2 N–H and O–H groups in total. The van der Waals surface area contributed by atoms with Crippen LogP contribution in [0.25, 0.3) is 0 Å². The van der Waals surface area contributed by atoms with Crippen molar-refractivity contribution in [2.24, 2.45) is 5.10 Å². The average molecular weight is 345 g/mol. The zero-order valence-corrected chi connectivity index (χ0v) is 15.1. The van der Waals surface area contributed by atoms with Crippen LogP contribution in [0.3, 0.4) is 0 Å². The molecule has 2 rings (SSSR count). The van der Waals surface area contributed by atoms with E-state index in [1.807, 2.05) is 39.8 Å². The fourth-order valence-corrected chi connectivity index (χ4v) is 2.09. The summed E-state index contributed by atoms with van der Waals surface area (Å²) in [5.41, 5.74) is 3.17. The Morgan fingerprint density at radius 2 is 2.04 bits per heavy atom. The molecule has 8 nitrogen and oxygen atoms in total. The average Bonchev–Trinajstić information content (AvgIpc) is 2.55. The lowest BCUT2D eigenvalue weighted by molar-refractivity contribution is 0.311. The summed E-state index contributed by atoms with van der Waals surface area (Å²) < 4.78 is 10.8. The third kappa shape index (κ3) is 4.79. The Bertz CT molecular complexity index is 809. The summed E-state index contributed by atoms with van der Waals surface area (Å²) in [6.07, 6.45) is 1.58. The molecule has 0 radical (unpaired) electrons. The molecule has 1 aromatic carbocycles. The molecule has 0 aliphatic carbocycles. The minimum Gasteiger partial charge on any atom is -0.493 e. The van der Waals surface area contributed by atoms with Crippen molar-refractivity contribution >= 4 is 12.2 Å². The zero-order valence-electron chi connectivity index (χ0n) is 15.1. The smallest absolute Gasteiger partial charge is 0.274 e. The number of nitrogens with zero attached hydrogens (tertiary/aromatic N) is 3. The molecule has 8 heteroatoms. The number of nitrogens with one attached hydrogen (secondary N) is 2. The van der Waals surface area contributed by atoms with Gasteiger partial charge in [-0.2, -0.15) is 5.10 Å². The molecular formula is C17H23N5O3. The van der Waals surface area contributed by atoms with Gasteiger partial charge in [0.2, 0.25) is 5.95 Å². The SMILES string of the molecule is CCOc1ccc(/C=N/Nc2nnc(C(C)(C)C)c(=O)[nH]2)cc1OC. The summed E-state index contributed by atoms with van der Waals surface area (Å²) >= 11 is 0. The molecule has 0 saturated heterocycles. The number of aromatic nitrogens is 3. The topological polar surface area (TPSA) is 101 Å². The number of aromatic amines is 1. The Hall–Kier alpha value is -2.90. The normalized spacial score (nSPS) is 11.6. The van der Waals surface area contributed by atoms with Crippen molar-refractivity contribution in [3.05, 3.63) is 39.8 Å². The van der Waals surface area contributed by atoms with Gasteiger partial charge in [0.15, 0.2) is 11.5 Å². The maximum atomic E-state index is 12.0. The lowest BCUT2D eigenvalue weighted by atomic mass is 9.93. The second kappa shape index (κ2) is 7.78. The Morgan fingerprint density at radius 1 is 1.28 bits per heavy atom. The number of hydrogen-bond acceptors (Lipinski definition) is 7. The van der Waals surface area contributed by atoms with Crippen LogP contribution in [0.4, 0.5) is 5.95 Å². The maximum Gasteiger partial charge on any atom is 0.274 e. The van der Waals surface area contributed by atoms with Gasteiger partial charge in [-0.3, -0.25) is 9.78 Å². The molecule has 0 fully saturated rings. The standard InChI is InChI=1S/C17H23N5O3/c1-6-25-12-8-7-11(9-13(12)24-5)10-18-21-16-19-15(23)14(20-22-16)17(2,3)4/h7-10H,6H2,1-5H3,(H2,19,21,22,23)/b18-10+. The van der Waals surface area contributed by atoms with Crippen LogP contribution in [0, 0.1) is 0 Å². The summed E-state index contributed by atoms with van der Waals surface area (Å²) in [6.45, 7) is 8.16. The van der Waals surface area contributed by atoms with Gasteiger partial charge in [-0.25, -0.2) is 5.43 Å². The Labute approximate surface area is 146 Å². The quantitative estimate of drug-likeness (QED) is 0.615. The molecule has 0 amide bonds. The monoisotopic (exact) mass is 345 g/mol. The van der Waals surface area contributed by atoms with Gasteiger partial charge >= 0.3 is 0 Å². The molecule has 0 unspecified atom stereocenters. The molecule has 0 aliphatic heterocycles. The Balaban J connectivity index is 2.11. The predicted octanol–water partition coefficient (Wildman–Crippen LogP) is 2.32. The van der Waals surface area contributed by atoms with E-state index in [-0.39, 0.29) is 16.9 Å². The minimum atomic E-state index is -0.374. The number of ether oxygens (including phenoxy) is 2. The molecule has 0 bridgehead atoms. The fourth-order valence-electron chi connectivity index (χ4n) is 2.09. The first-order valence-electron chi connectivity index (χ1n) is 7.92. The van der Waals surface area contributed by atoms with Crippen molar-refractivity contribution in [3.63, 3.8) is 0 Å². The first-order valence-corrected chi connectivity index (χ1v) is 7.92. The minimum absolute atomic E-state index is 0.173. The van der Waals surface area contributed by atoms with Gasteiger partial charge < -0.3 is 9.47 Å². The van der Waals surface area contributed by atoms with Crippen LogP contribution in [0.1, 0.15) is 39.0 Å². The van der Waals surface area contributed by atoms with Crippen molar-refractivity contribution in [2.45, 2.75) is 33.1 Å². The number of methoxy groups -OCH3 is 1. The van der Waals surface area contributed by atoms with Crippen LogP contribution < -0.4 is 20.5 Å². The van der Waals surface area contributed by atoms with Crippen molar-refractivity contribution < 1.29 is 9.47 Å². The third-order valence-corrected chi connectivity index (χ3v) is 3.28. The predicted molar refractivity (Wildman–Crippen MR) is 96.7 cm³/mol. The van der Waals surface area contributed by atoms with Gasteiger partial charge in [0.1, 0.15) is 5.69 Å². The summed E-state index contributed by atoms with van der Waals surface area (Å²) in [4.78, 5) is 14.6. The fraction of sp³-hybridized carbons (Fsp3) is 0.412. The number of benzene rings is 1. The first kappa shape index (κ1) is 18.4. The van der Waals surface area contributed by atoms with Crippen molar-refractivity contribution in [2.75, 3.05) is 19.1 Å². The second-order valence-electron chi connectivity index (χ2n) is 6.31. The lowest BCUT2D eigenvalue weighted by Crippen LogP contribution is -2.28. The van der Waals surface area contributed by atoms with Crippen LogP contribution in [-0.2, 0) is 5.41 Å². The largest absolute Gasteiger partial charge is 0.493 e. The number of anilines is 1. The molecular weight excluding hydrogens is 322 g/mol. The highest BCUT2D eigenvalue weighted by Gasteiger charge is 2.20. The van der Waals surface area contributed by atoms with E-state index in [4.69, 9.17) is 9.47 Å². The molecule has 25 heavy (non-hydrogen) atoms. The molecule has 2 aromatic rings.